The van der Waals surface area contributed by atoms with E-state index in [0.29, 0.717) is 18.7 Å². The Labute approximate surface area is 149 Å². The molecule has 6 nitrogen and oxygen atoms in total. The van der Waals surface area contributed by atoms with Gasteiger partial charge >= 0.3 is 5.97 Å². The van der Waals surface area contributed by atoms with E-state index in [9.17, 15) is 9.59 Å². The summed E-state index contributed by atoms with van der Waals surface area (Å²) >= 11 is 0. The van der Waals surface area contributed by atoms with Crippen molar-refractivity contribution in [2.45, 2.75) is 52.3 Å². The van der Waals surface area contributed by atoms with E-state index in [1.54, 1.807) is 24.5 Å². The van der Waals surface area contributed by atoms with E-state index in [4.69, 9.17) is 9.47 Å². The van der Waals surface area contributed by atoms with Crippen molar-refractivity contribution < 1.29 is 19.1 Å². The summed E-state index contributed by atoms with van der Waals surface area (Å²) in [4.78, 5) is 31.6. The highest BCUT2D eigenvalue weighted by atomic mass is 16.6. The molecule has 1 saturated heterocycles. The fourth-order valence-corrected chi connectivity index (χ4v) is 3.04. The van der Waals surface area contributed by atoms with Crippen molar-refractivity contribution in [2.24, 2.45) is 5.92 Å². The van der Waals surface area contributed by atoms with Gasteiger partial charge in [-0.3, -0.25) is 19.5 Å². The number of ether oxygens (including phenoxy) is 2. The number of rotatable bonds is 5. The van der Waals surface area contributed by atoms with Crippen molar-refractivity contribution in [3.05, 3.63) is 30.1 Å². The monoisotopic (exact) mass is 348 g/mol. The number of Topliss-reactive ketones (excluding diaryl/α,β-unsaturated/α-hetero) is 1. The molecule has 6 heteroatoms. The molecular weight excluding hydrogens is 320 g/mol. The summed E-state index contributed by atoms with van der Waals surface area (Å²) in [7, 11) is 0. The van der Waals surface area contributed by atoms with E-state index in [0.717, 1.165) is 0 Å². The van der Waals surface area contributed by atoms with Crippen molar-refractivity contribution in [1.29, 1.82) is 0 Å². The molecule has 0 unspecified atom stereocenters. The highest BCUT2D eigenvalue weighted by molar-refractivity contribution is 6.00. The fraction of sp³-hybridized carbons (Fsp3) is 0.632. The summed E-state index contributed by atoms with van der Waals surface area (Å²) in [5, 5.41) is 0. The van der Waals surface area contributed by atoms with E-state index in [1.807, 2.05) is 39.5 Å². The summed E-state index contributed by atoms with van der Waals surface area (Å²) in [5.74, 6) is -0.339. The molecule has 0 radical (unpaired) electrons. The normalized spacial score (nSPS) is 20.3. The summed E-state index contributed by atoms with van der Waals surface area (Å²) in [6, 6.07) is 2.38. The van der Waals surface area contributed by atoms with Gasteiger partial charge in [0.05, 0.1) is 19.3 Å². The van der Waals surface area contributed by atoms with Gasteiger partial charge in [0.1, 0.15) is 11.6 Å². The molecule has 138 valence electrons. The molecule has 0 aromatic carbocycles. The van der Waals surface area contributed by atoms with Crippen LogP contribution in [-0.4, -0.2) is 59.1 Å². The van der Waals surface area contributed by atoms with Gasteiger partial charge in [-0.25, -0.2) is 0 Å². The van der Waals surface area contributed by atoms with Crippen LogP contribution in [0.4, 0.5) is 0 Å². The first-order valence-electron chi connectivity index (χ1n) is 8.71. The minimum absolute atomic E-state index is 0.0145. The molecule has 1 aliphatic rings. The molecule has 0 bridgehead atoms. The predicted octanol–water partition coefficient (Wildman–Crippen LogP) is 2.33. The van der Waals surface area contributed by atoms with E-state index in [2.05, 4.69) is 4.98 Å². The number of carbonyl (C=O) groups excluding carboxylic acids is 2. The summed E-state index contributed by atoms with van der Waals surface area (Å²) in [5.41, 5.74) is 0.00314. The Kier molecular flexibility index (Phi) is 6.30. The van der Waals surface area contributed by atoms with Gasteiger partial charge in [-0.2, -0.15) is 0 Å². The third kappa shape index (κ3) is 5.09. The summed E-state index contributed by atoms with van der Waals surface area (Å²) in [6.45, 7) is 10.8. The van der Waals surface area contributed by atoms with Crippen LogP contribution in [0.5, 0.6) is 0 Å². The van der Waals surface area contributed by atoms with Crippen LogP contribution in [0, 0.1) is 5.92 Å². The van der Waals surface area contributed by atoms with Crippen LogP contribution in [0.2, 0.25) is 0 Å². The van der Waals surface area contributed by atoms with Crippen molar-refractivity contribution in [2.75, 3.05) is 19.8 Å². The number of morpholine rings is 1. The van der Waals surface area contributed by atoms with Crippen molar-refractivity contribution in [3.63, 3.8) is 0 Å². The second-order valence-corrected chi connectivity index (χ2v) is 7.65. The van der Waals surface area contributed by atoms with Crippen LogP contribution >= 0.6 is 0 Å². The average Bonchev–Trinajstić information content (AvgIpc) is 2.53. The number of carbonyl (C=O) groups is 2. The molecule has 2 rings (SSSR count). The third-order valence-electron chi connectivity index (χ3n) is 4.07. The SMILES string of the molecule is CC(C)[C@@H](C(=O)OC(C)(C)C)N1CCOC[C@@H]1C(=O)c1ccncc1. The molecule has 0 saturated carbocycles. The number of esters is 1. The average molecular weight is 348 g/mol. The molecule has 0 N–H and O–H groups in total. The molecule has 1 fully saturated rings. The lowest BCUT2D eigenvalue weighted by molar-refractivity contribution is -0.166. The molecule has 2 heterocycles. The number of aromatic nitrogens is 1. The van der Waals surface area contributed by atoms with Crippen LogP contribution < -0.4 is 0 Å². The lowest BCUT2D eigenvalue weighted by Crippen LogP contribution is -2.59. The maximum atomic E-state index is 12.9. The minimum Gasteiger partial charge on any atom is -0.459 e. The first-order valence-corrected chi connectivity index (χ1v) is 8.71. The smallest absolute Gasteiger partial charge is 0.324 e. The number of pyridine rings is 1. The number of hydrogen-bond acceptors (Lipinski definition) is 6. The first kappa shape index (κ1) is 19.5. The van der Waals surface area contributed by atoms with Crippen LogP contribution in [0.15, 0.2) is 24.5 Å². The molecule has 2 atom stereocenters. The van der Waals surface area contributed by atoms with Crippen molar-refractivity contribution >= 4 is 11.8 Å². The van der Waals surface area contributed by atoms with Gasteiger partial charge in [-0.05, 0) is 38.8 Å². The van der Waals surface area contributed by atoms with E-state index in [1.165, 1.54) is 0 Å². The van der Waals surface area contributed by atoms with E-state index < -0.39 is 17.7 Å². The maximum absolute atomic E-state index is 12.9. The zero-order valence-corrected chi connectivity index (χ0v) is 15.7. The standard InChI is InChI=1S/C19H28N2O4/c1-13(2)16(18(23)25-19(3,4)5)21-10-11-24-12-15(21)17(22)14-6-8-20-9-7-14/h6-9,13,15-16H,10-12H2,1-5H3/t15-,16+/m1/s1. The quantitative estimate of drug-likeness (QED) is 0.601. The molecule has 1 aromatic heterocycles. The number of nitrogens with zero attached hydrogens (tertiary/aromatic N) is 2. The van der Waals surface area contributed by atoms with Crippen molar-refractivity contribution in [3.8, 4) is 0 Å². The summed E-state index contributed by atoms with van der Waals surface area (Å²) in [6.07, 6.45) is 3.18. The maximum Gasteiger partial charge on any atom is 0.324 e. The second-order valence-electron chi connectivity index (χ2n) is 7.65. The van der Waals surface area contributed by atoms with Gasteiger partial charge in [0.15, 0.2) is 5.78 Å². The Morgan fingerprint density at radius 1 is 1.28 bits per heavy atom. The Morgan fingerprint density at radius 3 is 2.48 bits per heavy atom. The van der Waals surface area contributed by atoms with Crippen molar-refractivity contribution in [1.82, 2.24) is 9.88 Å². The fourth-order valence-electron chi connectivity index (χ4n) is 3.04. The van der Waals surface area contributed by atoms with Gasteiger partial charge in [0, 0.05) is 24.5 Å². The zero-order chi connectivity index (χ0) is 18.6. The molecule has 0 amide bonds. The largest absolute Gasteiger partial charge is 0.459 e. The minimum atomic E-state index is -0.568. The number of ketones is 1. The van der Waals surface area contributed by atoms with Crippen LogP contribution in [0.3, 0.4) is 0 Å². The molecule has 0 spiro atoms. The van der Waals surface area contributed by atoms with Crippen LogP contribution in [-0.2, 0) is 14.3 Å². The molecular formula is C19H28N2O4. The highest BCUT2D eigenvalue weighted by Gasteiger charge is 2.41. The van der Waals surface area contributed by atoms with E-state index >= 15 is 0 Å². The number of hydrogen-bond donors (Lipinski definition) is 0. The molecule has 1 aliphatic heterocycles. The van der Waals surface area contributed by atoms with Gasteiger partial charge in [0.2, 0.25) is 0 Å². The molecule has 0 aliphatic carbocycles. The Morgan fingerprint density at radius 2 is 1.92 bits per heavy atom. The molecule has 25 heavy (non-hydrogen) atoms. The lowest BCUT2D eigenvalue weighted by atomic mass is 9.96. The first-order chi connectivity index (χ1) is 11.7. The van der Waals surface area contributed by atoms with Gasteiger partial charge in [0.25, 0.3) is 0 Å². The topological polar surface area (TPSA) is 68.7 Å². The summed E-state index contributed by atoms with van der Waals surface area (Å²) < 4.78 is 11.1. The Bertz CT molecular complexity index is 595. The Balaban J connectivity index is 2.27. The van der Waals surface area contributed by atoms with Gasteiger partial charge in [-0.15, -0.1) is 0 Å². The molecule has 1 aromatic rings. The van der Waals surface area contributed by atoms with Crippen LogP contribution in [0.1, 0.15) is 45.0 Å². The highest BCUT2D eigenvalue weighted by Crippen LogP contribution is 2.23. The Hall–Kier alpha value is -1.79. The second kappa shape index (κ2) is 8.06. The van der Waals surface area contributed by atoms with E-state index in [-0.39, 0.29) is 24.3 Å². The van der Waals surface area contributed by atoms with Gasteiger partial charge < -0.3 is 9.47 Å². The predicted molar refractivity (Wildman–Crippen MR) is 94.4 cm³/mol. The lowest BCUT2D eigenvalue weighted by Gasteiger charge is -2.41. The van der Waals surface area contributed by atoms with Crippen LogP contribution in [0.25, 0.3) is 0 Å². The van der Waals surface area contributed by atoms with Gasteiger partial charge in [-0.1, -0.05) is 13.8 Å². The third-order valence-corrected chi connectivity index (χ3v) is 4.07. The zero-order valence-electron chi connectivity index (χ0n) is 15.7.